The summed E-state index contributed by atoms with van der Waals surface area (Å²) in [6, 6.07) is 13.2. The molecule has 0 aliphatic heterocycles. The Morgan fingerprint density at radius 2 is 1.91 bits per heavy atom. The average Bonchev–Trinajstić information content (AvgIpc) is 2.55. The maximum absolute atomic E-state index is 9.27. The molecule has 2 N–H and O–H groups in total. The minimum absolute atomic E-state index is 0.0646. The van der Waals surface area contributed by atoms with Gasteiger partial charge in [-0.15, -0.1) is 0 Å². The first-order valence-electron chi connectivity index (χ1n) is 7.62. The van der Waals surface area contributed by atoms with Gasteiger partial charge in [0, 0.05) is 28.2 Å². The number of ether oxygens (including phenoxy) is 1. The zero-order valence-corrected chi connectivity index (χ0v) is 14.6. The second-order valence-electron chi connectivity index (χ2n) is 5.34. The summed E-state index contributed by atoms with van der Waals surface area (Å²) in [4.78, 5) is 0. The van der Waals surface area contributed by atoms with Crippen LogP contribution in [-0.4, -0.2) is 17.8 Å². The van der Waals surface area contributed by atoms with E-state index >= 15 is 0 Å². The van der Waals surface area contributed by atoms with Crippen molar-refractivity contribution in [2.45, 2.75) is 32.5 Å². The number of hydrogen-bond donors (Lipinski definition) is 2. The lowest BCUT2D eigenvalue weighted by Crippen LogP contribution is -2.31. The van der Waals surface area contributed by atoms with Gasteiger partial charge in [-0.05, 0) is 42.3 Å². The number of nitrogens with one attached hydrogen (secondary N) is 1. The van der Waals surface area contributed by atoms with Crippen LogP contribution in [0.1, 0.15) is 24.5 Å². The van der Waals surface area contributed by atoms with Crippen LogP contribution in [0, 0.1) is 0 Å². The lowest BCUT2D eigenvalue weighted by molar-refractivity contribution is 0.237. The zero-order chi connectivity index (χ0) is 16.7. The van der Waals surface area contributed by atoms with Gasteiger partial charge in [-0.1, -0.05) is 42.3 Å². The first-order chi connectivity index (χ1) is 11.1. The summed E-state index contributed by atoms with van der Waals surface area (Å²) in [5, 5.41) is 13.9. The van der Waals surface area contributed by atoms with E-state index in [-0.39, 0.29) is 12.6 Å². The van der Waals surface area contributed by atoms with E-state index in [0.29, 0.717) is 23.2 Å². The third-order valence-electron chi connectivity index (χ3n) is 3.60. The summed E-state index contributed by atoms with van der Waals surface area (Å²) in [6.45, 7) is 3.16. The van der Waals surface area contributed by atoms with Gasteiger partial charge in [-0.3, -0.25) is 0 Å². The first kappa shape index (κ1) is 18.1. The molecule has 0 aliphatic carbocycles. The number of aliphatic hydroxyl groups excluding tert-OH is 1. The van der Waals surface area contributed by atoms with E-state index in [0.717, 1.165) is 23.3 Å². The largest absolute Gasteiger partial charge is 0.489 e. The van der Waals surface area contributed by atoms with E-state index < -0.39 is 0 Å². The lowest BCUT2D eigenvalue weighted by Gasteiger charge is -2.17. The first-order valence-corrected chi connectivity index (χ1v) is 8.38. The molecule has 0 fully saturated rings. The summed E-state index contributed by atoms with van der Waals surface area (Å²) in [5.41, 5.74) is 1.97. The Kier molecular flexibility index (Phi) is 7.18. The highest BCUT2D eigenvalue weighted by Gasteiger charge is 2.09. The second kappa shape index (κ2) is 9.14. The molecule has 0 aromatic heterocycles. The zero-order valence-electron chi connectivity index (χ0n) is 13.1. The fourth-order valence-electron chi connectivity index (χ4n) is 2.21. The minimum atomic E-state index is 0.0646. The Morgan fingerprint density at radius 3 is 2.61 bits per heavy atom. The molecule has 0 aliphatic rings. The Bertz CT molecular complexity index is 630. The van der Waals surface area contributed by atoms with Gasteiger partial charge in [0.2, 0.25) is 0 Å². The van der Waals surface area contributed by atoms with Crippen molar-refractivity contribution in [1.82, 2.24) is 5.32 Å². The second-order valence-corrected chi connectivity index (χ2v) is 6.21. The highest BCUT2D eigenvalue weighted by molar-refractivity contribution is 6.30. The van der Waals surface area contributed by atoms with Crippen LogP contribution in [-0.2, 0) is 13.2 Å². The smallest absolute Gasteiger partial charge is 0.124 e. The molecule has 1 atom stereocenters. The SMILES string of the molecule is CC[C@H](CO)NCc1cc(Cl)ccc1OCc1cccc(Cl)c1. The van der Waals surface area contributed by atoms with Crippen molar-refractivity contribution in [3.63, 3.8) is 0 Å². The van der Waals surface area contributed by atoms with Crippen LogP contribution < -0.4 is 10.1 Å². The molecule has 23 heavy (non-hydrogen) atoms. The molecule has 0 spiro atoms. The van der Waals surface area contributed by atoms with E-state index in [1.165, 1.54) is 0 Å². The molecule has 0 unspecified atom stereocenters. The number of rotatable bonds is 8. The third-order valence-corrected chi connectivity index (χ3v) is 4.07. The molecule has 2 aromatic carbocycles. The molecule has 3 nitrogen and oxygen atoms in total. The Hall–Kier alpha value is -1.26. The Labute approximate surface area is 147 Å². The van der Waals surface area contributed by atoms with Crippen LogP contribution in [0.25, 0.3) is 0 Å². The van der Waals surface area contributed by atoms with Crippen molar-refractivity contribution in [3.8, 4) is 5.75 Å². The molecule has 124 valence electrons. The predicted octanol–water partition coefficient (Wildman–Crippen LogP) is 4.43. The molecule has 2 aromatic rings. The van der Waals surface area contributed by atoms with Crippen molar-refractivity contribution < 1.29 is 9.84 Å². The van der Waals surface area contributed by atoms with Crippen LogP contribution in [0.5, 0.6) is 5.75 Å². The number of benzene rings is 2. The molecule has 2 rings (SSSR count). The third kappa shape index (κ3) is 5.70. The van der Waals surface area contributed by atoms with Crippen LogP contribution in [0.4, 0.5) is 0 Å². The minimum Gasteiger partial charge on any atom is -0.489 e. The molecule has 0 radical (unpaired) electrons. The van der Waals surface area contributed by atoms with Gasteiger partial charge in [-0.25, -0.2) is 0 Å². The molecular formula is C18H21Cl2NO2. The molecule has 0 bridgehead atoms. The highest BCUT2D eigenvalue weighted by Crippen LogP contribution is 2.24. The fourth-order valence-corrected chi connectivity index (χ4v) is 2.61. The van der Waals surface area contributed by atoms with Gasteiger partial charge < -0.3 is 15.2 Å². The van der Waals surface area contributed by atoms with Gasteiger partial charge in [0.05, 0.1) is 6.61 Å². The maximum Gasteiger partial charge on any atom is 0.124 e. The van der Waals surface area contributed by atoms with Crippen molar-refractivity contribution in [2.75, 3.05) is 6.61 Å². The van der Waals surface area contributed by atoms with E-state index in [1.807, 2.05) is 49.4 Å². The number of aliphatic hydroxyl groups is 1. The van der Waals surface area contributed by atoms with Crippen LogP contribution >= 0.6 is 23.2 Å². The maximum atomic E-state index is 9.27. The normalized spacial score (nSPS) is 12.2. The standard InChI is InChI=1S/C18H21Cl2NO2/c1-2-17(11-22)21-10-14-9-16(20)6-7-18(14)23-12-13-4-3-5-15(19)8-13/h3-9,17,21-22H,2,10-12H2,1H3/t17-/m1/s1. The van der Waals surface area contributed by atoms with Gasteiger partial charge in [0.15, 0.2) is 0 Å². The summed E-state index contributed by atoms with van der Waals surface area (Å²) in [6.07, 6.45) is 0.857. The quantitative estimate of drug-likeness (QED) is 0.737. The van der Waals surface area contributed by atoms with E-state index in [2.05, 4.69) is 5.32 Å². The monoisotopic (exact) mass is 353 g/mol. The Morgan fingerprint density at radius 1 is 1.13 bits per heavy atom. The van der Waals surface area contributed by atoms with E-state index in [9.17, 15) is 5.11 Å². The fraction of sp³-hybridized carbons (Fsp3) is 0.333. The Balaban J connectivity index is 2.05. The van der Waals surface area contributed by atoms with Crippen LogP contribution in [0.3, 0.4) is 0 Å². The number of hydrogen-bond acceptors (Lipinski definition) is 3. The topological polar surface area (TPSA) is 41.5 Å². The van der Waals surface area contributed by atoms with Gasteiger partial charge in [-0.2, -0.15) is 0 Å². The van der Waals surface area contributed by atoms with E-state index in [1.54, 1.807) is 0 Å². The van der Waals surface area contributed by atoms with Crippen LogP contribution in [0.2, 0.25) is 10.0 Å². The summed E-state index contributed by atoms with van der Waals surface area (Å²) in [5.74, 6) is 0.773. The molecule has 0 saturated carbocycles. The van der Waals surface area contributed by atoms with E-state index in [4.69, 9.17) is 27.9 Å². The van der Waals surface area contributed by atoms with Gasteiger partial charge >= 0.3 is 0 Å². The summed E-state index contributed by atoms with van der Waals surface area (Å²) in [7, 11) is 0. The van der Waals surface area contributed by atoms with Crippen molar-refractivity contribution in [1.29, 1.82) is 0 Å². The molecule has 0 heterocycles. The lowest BCUT2D eigenvalue weighted by atomic mass is 10.1. The van der Waals surface area contributed by atoms with Crippen LogP contribution in [0.15, 0.2) is 42.5 Å². The molecular weight excluding hydrogens is 333 g/mol. The number of halogens is 2. The van der Waals surface area contributed by atoms with Gasteiger partial charge in [0.1, 0.15) is 12.4 Å². The molecule has 0 amide bonds. The summed E-state index contributed by atoms with van der Waals surface area (Å²) < 4.78 is 5.91. The average molecular weight is 354 g/mol. The molecule has 0 saturated heterocycles. The van der Waals surface area contributed by atoms with Crippen molar-refractivity contribution in [2.24, 2.45) is 0 Å². The van der Waals surface area contributed by atoms with Crippen molar-refractivity contribution >= 4 is 23.2 Å². The van der Waals surface area contributed by atoms with Crippen molar-refractivity contribution in [3.05, 3.63) is 63.6 Å². The predicted molar refractivity (Wildman–Crippen MR) is 95.2 cm³/mol. The molecule has 5 heteroatoms. The summed E-state index contributed by atoms with van der Waals surface area (Å²) >= 11 is 12.1. The van der Waals surface area contributed by atoms with Gasteiger partial charge in [0.25, 0.3) is 0 Å². The highest BCUT2D eigenvalue weighted by atomic mass is 35.5.